The van der Waals surface area contributed by atoms with Crippen molar-refractivity contribution in [3.05, 3.63) is 47.8 Å². The van der Waals surface area contributed by atoms with Crippen LogP contribution in [0.2, 0.25) is 0 Å². The van der Waals surface area contributed by atoms with E-state index in [0.717, 1.165) is 31.5 Å². The number of cyclic esters (lactones) is 1. The number of nitrogens with one attached hydrogen (secondary N) is 1. The van der Waals surface area contributed by atoms with E-state index in [1.54, 1.807) is 25.3 Å². The summed E-state index contributed by atoms with van der Waals surface area (Å²) in [5.41, 5.74) is 0.0438. The van der Waals surface area contributed by atoms with E-state index in [1.807, 2.05) is 39.0 Å². The number of carbonyl (C=O) groups is 4. The molecule has 1 aromatic rings. The number of aromatic amines is 1. The molecule has 1 saturated carbocycles. The first kappa shape index (κ1) is 36.3. The van der Waals surface area contributed by atoms with E-state index in [2.05, 4.69) is 9.88 Å². The van der Waals surface area contributed by atoms with Crippen LogP contribution in [0.1, 0.15) is 63.9 Å². The molecule has 5 aliphatic rings. The van der Waals surface area contributed by atoms with Crippen molar-refractivity contribution in [2.75, 3.05) is 33.4 Å². The van der Waals surface area contributed by atoms with Gasteiger partial charge in [0.2, 0.25) is 0 Å². The van der Waals surface area contributed by atoms with Gasteiger partial charge < -0.3 is 38.5 Å². The Bertz CT molecular complexity index is 1470. The van der Waals surface area contributed by atoms with Gasteiger partial charge in [-0.05, 0) is 63.9 Å². The minimum absolute atomic E-state index is 0.0753. The van der Waals surface area contributed by atoms with Crippen LogP contribution in [0.15, 0.2) is 42.1 Å². The quantitative estimate of drug-likeness (QED) is 0.177. The van der Waals surface area contributed by atoms with Gasteiger partial charge in [0.05, 0.1) is 6.10 Å². The van der Waals surface area contributed by atoms with Crippen molar-refractivity contribution in [2.24, 2.45) is 29.6 Å². The number of H-pyrrole nitrogens is 1. The van der Waals surface area contributed by atoms with Crippen LogP contribution < -0.4 is 0 Å². The van der Waals surface area contributed by atoms with Crippen LogP contribution in [0.4, 0.5) is 0 Å². The summed E-state index contributed by atoms with van der Waals surface area (Å²) < 4.78 is 35.4. The van der Waals surface area contributed by atoms with Crippen molar-refractivity contribution in [1.82, 2.24) is 9.88 Å². The van der Waals surface area contributed by atoms with E-state index in [9.17, 15) is 24.3 Å². The molecule has 6 rings (SSSR count). The first-order chi connectivity index (χ1) is 24.0. The molecule has 2 unspecified atom stereocenters. The predicted octanol–water partition coefficient (Wildman–Crippen LogP) is 2.98. The molecule has 0 radical (unpaired) electrons. The summed E-state index contributed by atoms with van der Waals surface area (Å²) in [7, 11) is 1.42. The van der Waals surface area contributed by atoms with E-state index in [4.69, 9.17) is 28.4 Å². The Morgan fingerprint density at radius 3 is 2.60 bits per heavy atom. The lowest BCUT2D eigenvalue weighted by atomic mass is 9.57. The van der Waals surface area contributed by atoms with Crippen molar-refractivity contribution < 1.29 is 52.7 Å². The van der Waals surface area contributed by atoms with Gasteiger partial charge in [-0.3, -0.25) is 4.90 Å². The molecule has 3 fully saturated rings. The summed E-state index contributed by atoms with van der Waals surface area (Å²) in [6.07, 6.45) is 5.94. The number of ether oxygens (including phenoxy) is 6. The topological polar surface area (TPSA) is 163 Å². The Morgan fingerprint density at radius 2 is 1.90 bits per heavy atom. The maximum absolute atomic E-state index is 13.6. The molecule has 4 heterocycles. The molecule has 274 valence electrons. The molecule has 0 aromatic carbocycles. The molecule has 13 heteroatoms. The lowest BCUT2D eigenvalue weighted by molar-refractivity contribution is -0.184. The number of aliphatic hydroxyl groups excluding tert-OH is 1. The number of likely N-dealkylation sites (tertiary alicyclic amines) is 1. The lowest BCUT2D eigenvalue weighted by Crippen LogP contribution is -2.57. The first-order valence-corrected chi connectivity index (χ1v) is 17.9. The molecule has 1 aromatic heterocycles. The standard InChI is InChI=1S/C37H50N2O11/c1-20-18-21(2)37-24(11-12-25-28(37)29(40)22(3)31(32(25)50-37)49-33(41)26-10-9-13-38-26)19-27(45-5)34(42)48-30(20)23(4)47-36(44)35(43)46-17-16-39-14-7-6-8-15-39/h9-13,18,20,22-25,27-32,38,40H,6-8,14-17,19H2,1-5H3/b21-18+/t20-,22-,23-,24-,25?,27+,28?,29-,30+,31-,32-,37+/m1/s1. The van der Waals surface area contributed by atoms with Crippen LogP contribution in [0.5, 0.6) is 0 Å². The smallest absolute Gasteiger partial charge is 0.417 e. The second kappa shape index (κ2) is 15.0. The van der Waals surface area contributed by atoms with E-state index < -0.39 is 83.9 Å². The van der Waals surface area contributed by atoms with E-state index in [1.165, 1.54) is 13.5 Å². The van der Waals surface area contributed by atoms with Gasteiger partial charge in [-0.15, -0.1) is 0 Å². The van der Waals surface area contributed by atoms with Crippen molar-refractivity contribution in [3.8, 4) is 0 Å². The average Bonchev–Trinajstić information content (AvgIpc) is 3.71. The van der Waals surface area contributed by atoms with Crippen molar-refractivity contribution in [1.29, 1.82) is 0 Å². The third-order valence-electron chi connectivity index (χ3n) is 11.5. The van der Waals surface area contributed by atoms with Gasteiger partial charge in [0.15, 0.2) is 6.10 Å². The number of esters is 4. The van der Waals surface area contributed by atoms with Gasteiger partial charge in [-0.25, -0.2) is 19.2 Å². The zero-order chi connectivity index (χ0) is 35.7. The fraction of sp³-hybridized carbons (Fsp3) is 0.676. The van der Waals surface area contributed by atoms with Crippen LogP contribution in [-0.4, -0.2) is 114 Å². The SMILES string of the molecule is CO[C@H]1C[C@H]2C=CC3C4[C@H](O)[C@@H](C)[C@@H](OC(=O)c5ccc[nH]5)[C@@H]3O[C@]42/C(C)=C/[C@@H](C)[C@@H]([C@@H](C)OC(=O)C(=O)OCCN2CCCCC2)OC1=O. The average molecular weight is 699 g/mol. The summed E-state index contributed by atoms with van der Waals surface area (Å²) >= 11 is 0. The van der Waals surface area contributed by atoms with Gasteiger partial charge in [0.1, 0.15) is 42.3 Å². The summed E-state index contributed by atoms with van der Waals surface area (Å²) in [6.45, 7) is 9.67. The lowest BCUT2D eigenvalue weighted by Gasteiger charge is -2.48. The molecule has 2 aliphatic carbocycles. The van der Waals surface area contributed by atoms with Crippen molar-refractivity contribution in [2.45, 2.75) is 95.6 Å². The Morgan fingerprint density at radius 1 is 1.14 bits per heavy atom. The molecule has 12 atom stereocenters. The van der Waals surface area contributed by atoms with Crippen LogP contribution in [0.25, 0.3) is 0 Å². The number of aromatic nitrogens is 1. The number of hydrogen-bond acceptors (Lipinski definition) is 12. The number of aliphatic hydroxyl groups is 1. The largest absolute Gasteiger partial charge is 0.456 e. The molecule has 1 spiro atoms. The van der Waals surface area contributed by atoms with Crippen molar-refractivity contribution in [3.63, 3.8) is 0 Å². The summed E-state index contributed by atoms with van der Waals surface area (Å²) in [4.78, 5) is 57.1. The highest BCUT2D eigenvalue weighted by Gasteiger charge is 2.69. The minimum atomic E-state index is -1.16. The highest BCUT2D eigenvalue weighted by atomic mass is 16.6. The Labute approximate surface area is 292 Å². The molecule has 2 N–H and O–H groups in total. The predicted molar refractivity (Wildman–Crippen MR) is 177 cm³/mol. The molecule has 0 amide bonds. The van der Waals surface area contributed by atoms with Crippen LogP contribution in [0, 0.1) is 29.6 Å². The number of hydrogen-bond donors (Lipinski definition) is 2. The third-order valence-corrected chi connectivity index (χ3v) is 11.5. The molecule has 50 heavy (non-hydrogen) atoms. The van der Waals surface area contributed by atoms with Crippen LogP contribution in [0.3, 0.4) is 0 Å². The maximum Gasteiger partial charge on any atom is 0.417 e. The number of rotatable bonds is 8. The van der Waals surface area contributed by atoms with Gasteiger partial charge in [-0.1, -0.05) is 38.5 Å². The van der Waals surface area contributed by atoms with Crippen LogP contribution in [-0.2, 0) is 42.8 Å². The molecule has 4 bridgehead atoms. The number of carbonyl (C=O) groups excluding carboxylic acids is 4. The summed E-state index contributed by atoms with van der Waals surface area (Å²) in [5.74, 6) is -5.46. The van der Waals surface area contributed by atoms with E-state index >= 15 is 0 Å². The van der Waals surface area contributed by atoms with Gasteiger partial charge in [0, 0.05) is 49.4 Å². The van der Waals surface area contributed by atoms with Gasteiger partial charge in [-0.2, -0.15) is 0 Å². The molecule has 2 saturated heterocycles. The highest BCUT2D eigenvalue weighted by molar-refractivity contribution is 6.29. The minimum Gasteiger partial charge on any atom is -0.456 e. The second-order valence-corrected chi connectivity index (χ2v) is 14.5. The summed E-state index contributed by atoms with van der Waals surface area (Å²) in [6, 6.07) is 3.34. The van der Waals surface area contributed by atoms with Crippen LogP contribution >= 0.6 is 0 Å². The van der Waals surface area contributed by atoms with E-state index in [0.29, 0.717) is 12.2 Å². The fourth-order valence-corrected chi connectivity index (χ4v) is 8.92. The highest BCUT2D eigenvalue weighted by Crippen LogP contribution is 2.61. The fourth-order valence-electron chi connectivity index (χ4n) is 8.92. The molecule has 13 nitrogen and oxygen atoms in total. The van der Waals surface area contributed by atoms with Gasteiger partial charge >= 0.3 is 23.9 Å². The Hall–Kier alpha value is -3.52. The third kappa shape index (κ3) is 6.77. The number of methoxy groups -OCH3 is 1. The van der Waals surface area contributed by atoms with Crippen molar-refractivity contribution >= 4 is 23.9 Å². The van der Waals surface area contributed by atoms with E-state index in [-0.39, 0.29) is 24.9 Å². The summed E-state index contributed by atoms with van der Waals surface area (Å²) in [5, 5.41) is 11.9. The Balaban J connectivity index is 1.23. The Kier molecular flexibility index (Phi) is 10.9. The molecular formula is C37H50N2O11. The first-order valence-electron chi connectivity index (χ1n) is 17.9. The number of nitrogens with zero attached hydrogens (tertiary/aromatic N) is 1. The molecule has 3 aliphatic heterocycles. The normalized spacial score (nSPS) is 38.5. The zero-order valence-electron chi connectivity index (χ0n) is 29.4. The second-order valence-electron chi connectivity index (χ2n) is 14.5. The zero-order valence-corrected chi connectivity index (χ0v) is 29.4. The molecular weight excluding hydrogens is 648 g/mol. The van der Waals surface area contributed by atoms with Gasteiger partial charge in [0.25, 0.3) is 0 Å². The number of piperidine rings is 1. The monoisotopic (exact) mass is 698 g/mol. The maximum atomic E-state index is 13.6.